The van der Waals surface area contributed by atoms with Crippen LogP contribution in [0.15, 0.2) is 4.99 Å². The van der Waals surface area contributed by atoms with Crippen molar-refractivity contribution in [2.24, 2.45) is 16.3 Å². The summed E-state index contributed by atoms with van der Waals surface area (Å²) in [5.74, 6) is 1.60. The SMILES string of the molecule is CN=C(NC1C2CCCOC2C1(C)C)N1CCC(O)CC1.I. The third kappa shape index (κ3) is 3.24. The lowest BCUT2D eigenvalue weighted by Crippen LogP contribution is -2.71. The second-order valence-corrected chi connectivity index (χ2v) is 7.31. The van der Waals surface area contributed by atoms with Crippen LogP contribution in [0.1, 0.15) is 39.5 Å². The van der Waals surface area contributed by atoms with Gasteiger partial charge in [0.05, 0.1) is 12.2 Å². The van der Waals surface area contributed by atoms with Gasteiger partial charge in [-0.05, 0) is 25.7 Å². The summed E-state index contributed by atoms with van der Waals surface area (Å²) in [4.78, 5) is 6.75. The van der Waals surface area contributed by atoms with E-state index in [1.54, 1.807) is 0 Å². The number of likely N-dealkylation sites (tertiary alicyclic amines) is 1. The monoisotopic (exact) mass is 423 g/mol. The number of hydrogen-bond donors (Lipinski definition) is 2. The Balaban J connectivity index is 0.00000176. The number of fused-ring (bicyclic) bond motifs is 1. The molecule has 0 aromatic carbocycles. The normalized spacial score (nSPS) is 35.2. The lowest BCUT2D eigenvalue weighted by atomic mass is 9.55. The number of rotatable bonds is 1. The molecule has 2 heterocycles. The summed E-state index contributed by atoms with van der Waals surface area (Å²) in [6.45, 7) is 7.28. The summed E-state index contributed by atoms with van der Waals surface area (Å²) in [6, 6.07) is 0.438. The average Bonchev–Trinajstić information content (AvgIpc) is 2.49. The highest BCUT2D eigenvalue weighted by Gasteiger charge is 2.58. The summed E-state index contributed by atoms with van der Waals surface area (Å²) in [5, 5.41) is 13.3. The number of halogens is 1. The van der Waals surface area contributed by atoms with Crippen LogP contribution >= 0.6 is 24.0 Å². The highest BCUT2D eigenvalue weighted by atomic mass is 127. The Labute approximate surface area is 150 Å². The van der Waals surface area contributed by atoms with Gasteiger partial charge in [-0.1, -0.05) is 13.8 Å². The second-order valence-electron chi connectivity index (χ2n) is 7.31. The van der Waals surface area contributed by atoms with Gasteiger partial charge in [-0.3, -0.25) is 4.99 Å². The van der Waals surface area contributed by atoms with E-state index >= 15 is 0 Å². The predicted molar refractivity (Wildman–Crippen MR) is 98.8 cm³/mol. The summed E-state index contributed by atoms with van der Waals surface area (Å²) < 4.78 is 5.97. The molecule has 3 fully saturated rings. The van der Waals surface area contributed by atoms with Crippen LogP contribution < -0.4 is 5.32 Å². The first-order valence-electron chi connectivity index (χ1n) is 8.32. The number of nitrogens with one attached hydrogen (secondary N) is 1. The standard InChI is InChI=1S/C16H29N3O2.HI/c1-16(2)13(12-5-4-10-21-14(12)16)18-15(17-3)19-8-6-11(20)7-9-19;/h11-14,20H,4-10H2,1-3H3,(H,17,18);1H. The first-order valence-corrected chi connectivity index (χ1v) is 8.32. The summed E-state index contributed by atoms with van der Waals surface area (Å²) in [7, 11) is 1.86. The minimum Gasteiger partial charge on any atom is -0.393 e. The van der Waals surface area contributed by atoms with Crippen LogP contribution in [0.4, 0.5) is 0 Å². The Hall–Kier alpha value is -0.0800. The van der Waals surface area contributed by atoms with Gasteiger partial charge in [-0.2, -0.15) is 0 Å². The van der Waals surface area contributed by atoms with Crippen molar-refractivity contribution >= 4 is 29.9 Å². The second kappa shape index (κ2) is 7.21. The molecule has 22 heavy (non-hydrogen) atoms. The molecule has 1 saturated carbocycles. The topological polar surface area (TPSA) is 57.1 Å². The molecule has 2 aliphatic heterocycles. The molecule has 1 aliphatic carbocycles. The van der Waals surface area contributed by atoms with E-state index in [0.29, 0.717) is 18.1 Å². The van der Waals surface area contributed by atoms with E-state index in [1.807, 2.05) is 7.05 Å². The van der Waals surface area contributed by atoms with Crippen LogP contribution in [0.3, 0.4) is 0 Å². The van der Waals surface area contributed by atoms with E-state index < -0.39 is 0 Å². The lowest BCUT2D eigenvalue weighted by molar-refractivity contribution is -0.188. The van der Waals surface area contributed by atoms with E-state index in [1.165, 1.54) is 12.8 Å². The molecule has 128 valence electrons. The maximum Gasteiger partial charge on any atom is 0.193 e. The molecule has 0 radical (unpaired) electrons. The zero-order chi connectivity index (χ0) is 15.0. The zero-order valence-corrected chi connectivity index (χ0v) is 16.2. The number of nitrogens with zero attached hydrogens (tertiary/aromatic N) is 2. The van der Waals surface area contributed by atoms with E-state index in [-0.39, 0.29) is 35.5 Å². The van der Waals surface area contributed by atoms with Crippen LogP contribution in [0.25, 0.3) is 0 Å². The molecule has 3 unspecified atom stereocenters. The number of aliphatic hydroxyl groups excluding tert-OH is 1. The molecule has 0 bridgehead atoms. The Morgan fingerprint density at radius 2 is 1.95 bits per heavy atom. The summed E-state index contributed by atoms with van der Waals surface area (Å²) >= 11 is 0. The quantitative estimate of drug-likeness (QED) is 0.384. The number of aliphatic hydroxyl groups is 1. The van der Waals surface area contributed by atoms with Gasteiger partial charge < -0.3 is 20.1 Å². The number of piperidine rings is 1. The fourth-order valence-electron chi connectivity index (χ4n) is 4.33. The number of hydrogen-bond acceptors (Lipinski definition) is 3. The lowest BCUT2D eigenvalue weighted by Gasteiger charge is -2.60. The molecule has 3 atom stereocenters. The average molecular weight is 423 g/mol. The van der Waals surface area contributed by atoms with Gasteiger partial charge in [-0.15, -0.1) is 24.0 Å². The van der Waals surface area contributed by atoms with Crippen LogP contribution in [0.5, 0.6) is 0 Å². The maximum atomic E-state index is 9.65. The first kappa shape index (κ1) is 18.3. The molecule has 6 heteroatoms. The van der Waals surface area contributed by atoms with Crippen molar-refractivity contribution in [1.82, 2.24) is 10.2 Å². The van der Waals surface area contributed by atoms with Gasteiger partial charge >= 0.3 is 0 Å². The molecule has 5 nitrogen and oxygen atoms in total. The maximum absolute atomic E-state index is 9.65. The van der Waals surface area contributed by atoms with Crippen molar-refractivity contribution in [3.05, 3.63) is 0 Å². The zero-order valence-electron chi connectivity index (χ0n) is 13.9. The molecular weight excluding hydrogens is 393 g/mol. The predicted octanol–water partition coefficient (Wildman–Crippen LogP) is 1.84. The van der Waals surface area contributed by atoms with Crippen molar-refractivity contribution in [3.8, 4) is 0 Å². The van der Waals surface area contributed by atoms with Crippen molar-refractivity contribution in [1.29, 1.82) is 0 Å². The number of guanidine groups is 1. The van der Waals surface area contributed by atoms with Crippen molar-refractivity contribution in [2.75, 3.05) is 26.7 Å². The molecule has 0 aromatic heterocycles. The molecule has 3 rings (SSSR count). The van der Waals surface area contributed by atoms with E-state index in [4.69, 9.17) is 4.74 Å². The smallest absolute Gasteiger partial charge is 0.193 e. The Morgan fingerprint density at radius 3 is 2.59 bits per heavy atom. The Bertz CT molecular complexity index is 408. The van der Waals surface area contributed by atoms with Crippen LogP contribution in [0.2, 0.25) is 0 Å². The minimum atomic E-state index is -0.143. The van der Waals surface area contributed by atoms with Crippen molar-refractivity contribution in [2.45, 2.75) is 57.8 Å². The van der Waals surface area contributed by atoms with Crippen LogP contribution in [-0.2, 0) is 4.74 Å². The number of aliphatic imine (C=N–C) groups is 1. The fraction of sp³-hybridized carbons (Fsp3) is 0.938. The molecule has 0 aromatic rings. The molecule has 2 saturated heterocycles. The summed E-state index contributed by atoms with van der Waals surface area (Å²) in [5.41, 5.74) is 0.163. The fourth-order valence-corrected chi connectivity index (χ4v) is 4.33. The van der Waals surface area contributed by atoms with Crippen LogP contribution in [0, 0.1) is 11.3 Å². The molecule has 3 aliphatic rings. The van der Waals surface area contributed by atoms with Gasteiger partial charge in [-0.25, -0.2) is 0 Å². The minimum absolute atomic E-state index is 0. The van der Waals surface area contributed by atoms with Gasteiger partial charge in [0.1, 0.15) is 0 Å². The first-order chi connectivity index (χ1) is 10.0. The van der Waals surface area contributed by atoms with Crippen molar-refractivity contribution < 1.29 is 9.84 Å². The molecular formula is C16H30IN3O2. The van der Waals surface area contributed by atoms with Gasteiger partial charge in [0.25, 0.3) is 0 Å². The summed E-state index contributed by atoms with van der Waals surface area (Å²) in [6.07, 6.45) is 4.35. The Kier molecular flexibility index (Phi) is 5.99. The van der Waals surface area contributed by atoms with Gasteiger partial charge in [0.15, 0.2) is 5.96 Å². The van der Waals surface area contributed by atoms with E-state index in [9.17, 15) is 5.11 Å². The van der Waals surface area contributed by atoms with E-state index in [2.05, 4.69) is 29.1 Å². The van der Waals surface area contributed by atoms with Gasteiger partial charge in [0, 0.05) is 44.1 Å². The number of ether oxygens (including phenoxy) is 1. The molecule has 2 N–H and O–H groups in total. The Morgan fingerprint density at radius 1 is 1.27 bits per heavy atom. The molecule has 0 amide bonds. The van der Waals surface area contributed by atoms with Gasteiger partial charge in [0.2, 0.25) is 0 Å². The van der Waals surface area contributed by atoms with Crippen LogP contribution in [-0.4, -0.2) is 61.0 Å². The molecule has 0 spiro atoms. The van der Waals surface area contributed by atoms with Crippen molar-refractivity contribution in [3.63, 3.8) is 0 Å². The largest absolute Gasteiger partial charge is 0.393 e. The third-order valence-electron chi connectivity index (χ3n) is 5.59. The highest BCUT2D eigenvalue weighted by Crippen LogP contribution is 2.51. The van der Waals surface area contributed by atoms with E-state index in [0.717, 1.165) is 38.5 Å². The third-order valence-corrected chi connectivity index (χ3v) is 5.59. The highest BCUT2D eigenvalue weighted by molar-refractivity contribution is 14.0.